The van der Waals surface area contributed by atoms with Crippen molar-refractivity contribution in [1.29, 1.82) is 0 Å². The molecule has 4 heterocycles. The van der Waals surface area contributed by atoms with Crippen LogP contribution >= 0.6 is 0 Å². The molecule has 10 nitrogen and oxygen atoms in total. The van der Waals surface area contributed by atoms with Gasteiger partial charge >= 0.3 is 13.1 Å². The second kappa shape index (κ2) is 13.0. The van der Waals surface area contributed by atoms with Gasteiger partial charge in [-0.1, -0.05) is 18.6 Å². The van der Waals surface area contributed by atoms with E-state index in [4.69, 9.17) is 19.0 Å². The summed E-state index contributed by atoms with van der Waals surface area (Å²) in [5.41, 5.74) is 1.95. The first kappa shape index (κ1) is 33.1. The maximum atomic E-state index is 12.8. The van der Waals surface area contributed by atoms with E-state index in [-0.39, 0.29) is 18.0 Å². The van der Waals surface area contributed by atoms with Crippen LogP contribution in [0.2, 0.25) is 0 Å². The smallest absolute Gasteiger partial charge is 0.399 e. The lowest BCUT2D eigenvalue weighted by atomic mass is 9.74. The third kappa shape index (κ3) is 6.88. The first-order valence-corrected chi connectivity index (χ1v) is 17.2. The zero-order valence-electron chi connectivity index (χ0n) is 28.5. The summed E-state index contributed by atoms with van der Waals surface area (Å²) in [5.74, 6) is 1.75. The lowest BCUT2D eigenvalue weighted by Gasteiger charge is -2.42. The normalized spacial score (nSPS) is 28.8. The van der Waals surface area contributed by atoms with Crippen molar-refractivity contribution < 1.29 is 23.9 Å². The van der Waals surface area contributed by atoms with Crippen LogP contribution in [0, 0.1) is 6.92 Å². The van der Waals surface area contributed by atoms with Gasteiger partial charge in [-0.15, -0.1) is 0 Å². The molecule has 0 radical (unpaired) electrons. The molecule has 1 saturated carbocycles. The standard InChI is InChI=1S/C35H52BN5O5/c1-24-9-10-28(38-32(42)41-15-7-8-16-41)23-29(24)36-45-33(3,4)35(6,46-36)25(2)26-21-30(37-27-11-13-34(5,43)14-12-27)39-31(22-26)40-17-19-44-20-18-40/h9-10,21-23,25,27,43H,7-8,11-20H2,1-6H3,(H,37,39)(H,38,42). The Morgan fingerprint density at radius 1 is 1.02 bits per heavy atom. The molecular weight excluding hydrogens is 581 g/mol. The Labute approximate surface area is 274 Å². The van der Waals surface area contributed by atoms with Gasteiger partial charge < -0.3 is 39.6 Å². The van der Waals surface area contributed by atoms with E-state index in [1.165, 1.54) is 0 Å². The van der Waals surface area contributed by atoms with Crippen LogP contribution in [-0.4, -0.2) is 90.4 Å². The maximum absolute atomic E-state index is 12.8. The number of hydrogen-bond donors (Lipinski definition) is 3. The molecule has 1 aliphatic carbocycles. The second-order valence-electron chi connectivity index (χ2n) is 14.8. The minimum Gasteiger partial charge on any atom is -0.399 e. The van der Waals surface area contributed by atoms with Crippen LogP contribution in [0.5, 0.6) is 0 Å². The summed E-state index contributed by atoms with van der Waals surface area (Å²) < 4.78 is 19.3. The maximum Gasteiger partial charge on any atom is 0.495 e. The molecular formula is C35H52BN5O5. The fourth-order valence-corrected chi connectivity index (χ4v) is 7.34. The number of pyridine rings is 1. The molecule has 2 amide bonds. The predicted molar refractivity (Wildman–Crippen MR) is 183 cm³/mol. The number of morpholine rings is 1. The van der Waals surface area contributed by atoms with Crippen LogP contribution in [0.15, 0.2) is 30.3 Å². The highest BCUT2D eigenvalue weighted by molar-refractivity contribution is 6.62. The molecule has 11 heteroatoms. The molecule has 4 aliphatic rings. The Hall–Kier alpha value is -2.86. The van der Waals surface area contributed by atoms with Crippen LogP contribution in [0.4, 0.5) is 22.1 Å². The SMILES string of the molecule is Cc1ccc(NC(=O)N2CCCC2)cc1B1OC(C)(C)C(C)(C(C)c2cc(NC3CCC(C)(O)CC3)nc(N3CCOCC3)c2)O1. The average molecular weight is 634 g/mol. The predicted octanol–water partition coefficient (Wildman–Crippen LogP) is 5.04. The number of nitrogens with one attached hydrogen (secondary N) is 2. The number of urea groups is 1. The number of benzene rings is 1. The number of ether oxygens (including phenoxy) is 1. The van der Waals surface area contributed by atoms with E-state index in [2.05, 4.69) is 62.3 Å². The van der Waals surface area contributed by atoms with Crippen molar-refractivity contribution in [3.8, 4) is 0 Å². The molecule has 3 saturated heterocycles. The van der Waals surface area contributed by atoms with Gasteiger partial charge in [0.2, 0.25) is 0 Å². The van der Waals surface area contributed by atoms with Crippen LogP contribution < -0.4 is 21.0 Å². The van der Waals surface area contributed by atoms with Crippen molar-refractivity contribution in [2.24, 2.45) is 0 Å². The van der Waals surface area contributed by atoms with Crippen molar-refractivity contribution in [2.75, 3.05) is 54.9 Å². The fraction of sp³-hybridized carbons (Fsp3) is 0.657. The van der Waals surface area contributed by atoms with Crippen LogP contribution in [0.25, 0.3) is 0 Å². The van der Waals surface area contributed by atoms with Gasteiger partial charge in [0.1, 0.15) is 11.6 Å². The quantitative estimate of drug-likeness (QED) is 0.364. The molecule has 250 valence electrons. The summed E-state index contributed by atoms with van der Waals surface area (Å²) in [4.78, 5) is 22.1. The summed E-state index contributed by atoms with van der Waals surface area (Å²) in [6.07, 6.45) is 5.46. The van der Waals surface area contributed by atoms with Gasteiger partial charge in [-0.05, 0) is 108 Å². The monoisotopic (exact) mass is 633 g/mol. The molecule has 4 fully saturated rings. The number of rotatable bonds is 7. The zero-order valence-corrected chi connectivity index (χ0v) is 28.5. The van der Waals surface area contributed by atoms with E-state index < -0.39 is 23.9 Å². The highest BCUT2D eigenvalue weighted by Crippen LogP contribution is 2.47. The minimum absolute atomic E-state index is 0.0405. The molecule has 0 bridgehead atoms. The van der Waals surface area contributed by atoms with Crippen molar-refractivity contribution in [1.82, 2.24) is 9.88 Å². The lowest BCUT2D eigenvalue weighted by molar-refractivity contribution is -0.0264. The summed E-state index contributed by atoms with van der Waals surface area (Å²) in [6.45, 7) is 17.1. The van der Waals surface area contributed by atoms with Gasteiger partial charge in [-0.25, -0.2) is 9.78 Å². The molecule has 0 spiro atoms. The van der Waals surface area contributed by atoms with Gasteiger partial charge in [-0.3, -0.25) is 0 Å². The van der Waals surface area contributed by atoms with Gasteiger partial charge in [0.15, 0.2) is 0 Å². The molecule has 2 atom stereocenters. The number of likely N-dealkylation sites (tertiary alicyclic amines) is 1. The van der Waals surface area contributed by atoms with E-state index in [0.717, 1.165) is 98.6 Å². The van der Waals surface area contributed by atoms with E-state index >= 15 is 0 Å². The number of aliphatic hydroxyl groups is 1. The molecule has 2 unspecified atom stereocenters. The Bertz CT molecular complexity index is 1400. The Morgan fingerprint density at radius 2 is 1.72 bits per heavy atom. The number of carbonyl (C=O) groups is 1. The first-order chi connectivity index (χ1) is 21.8. The van der Waals surface area contributed by atoms with Crippen molar-refractivity contribution >= 4 is 35.9 Å². The van der Waals surface area contributed by atoms with E-state index in [1.807, 2.05) is 30.0 Å². The molecule has 1 aromatic heterocycles. The first-order valence-electron chi connectivity index (χ1n) is 17.2. The Balaban J connectivity index is 1.26. The Morgan fingerprint density at radius 3 is 2.41 bits per heavy atom. The third-order valence-corrected chi connectivity index (χ3v) is 11.0. The van der Waals surface area contributed by atoms with E-state index in [9.17, 15) is 9.90 Å². The largest absolute Gasteiger partial charge is 0.495 e. The van der Waals surface area contributed by atoms with E-state index in [1.54, 1.807) is 0 Å². The number of hydrogen-bond acceptors (Lipinski definition) is 8. The number of amides is 2. The number of aryl methyl sites for hydroxylation is 1. The van der Waals surface area contributed by atoms with Crippen LogP contribution in [0.1, 0.15) is 90.2 Å². The van der Waals surface area contributed by atoms with E-state index in [0.29, 0.717) is 13.2 Å². The molecule has 46 heavy (non-hydrogen) atoms. The van der Waals surface area contributed by atoms with Crippen molar-refractivity contribution in [2.45, 2.75) is 109 Å². The topological polar surface area (TPSA) is 108 Å². The molecule has 3 aliphatic heterocycles. The molecule has 2 aromatic rings. The van der Waals surface area contributed by atoms with Crippen molar-refractivity contribution in [3.63, 3.8) is 0 Å². The Kier molecular flexibility index (Phi) is 9.33. The zero-order chi connectivity index (χ0) is 32.7. The highest BCUT2D eigenvalue weighted by atomic mass is 16.7. The van der Waals surface area contributed by atoms with Crippen LogP contribution in [-0.2, 0) is 14.0 Å². The van der Waals surface area contributed by atoms with Gasteiger partial charge in [-0.2, -0.15) is 0 Å². The highest BCUT2D eigenvalue weighted by Gasteiger charge is 2.57. The number of nitrogens with zero attached hydrogens (tertiary/aromatic N) is 3. The number of anilines is 3. The summed E-state index contributed by atoms with van der Waals surface area (Å²) in [5, 5.41) is 17.3. The van der Waals surface area contributed by atoms with Gasteiger partial charge in [0.05, 0.1) is 30.0 Å². The molecule has 1 aromatic carbocycles. The molecule has 3 N–H and O–H groups in total. The summed E-state index contributed by atoms with van der Waals surface area (Å²) >= 11 is 0. The van der Waals surface area contributed by atoms with Gasteiger partial charge in [0, 0.05) is 43.8 Å². The molecule has 6 rings (SSSR count). The van der Waals surface area contributed by atoms with Crippen LogP contribution in [0.3, 0.4) is 0 Å². The average Bonchev–Trinajstić information content (AvgIpc) is 3.66. The summed E-state index contributed by atoms with van der Waals surface area (Å²) in [6, 6.07) is 10.5. The van der Waals surface area contributed by atoms with Crippen molar-refractivity contribution in [3.05, 3.63) is 41.5 Å². The second-order valence-corrected chi connectivity index (χ2v) is 14.8. The fourth-order valence-electron chi connectivity index (χ4n) is 7.34. The third-order valence-electron chi connectivity index (χ3n) is 11.0. The minimum atomic E-state index is -0.677. The number of aromatic nitrogens is 1. The lowest BCUT2D eigenvalue weighted by Crippen LogP contribution is -2.49. The number of carbonyl (C=O) groups excluding carboxylic acids is 1. The summed E-state index contributed by atoms with van der Waals surface area (Å²) in [7, 11) is -0.584. The van der Waals surface area contributed by atoms with Gasteiger partial charge in [0.25, 0.3) is 0 Å².